The summed E-state index contributed by atoms with van der Waals surface area (Å²) in [7, 11) is 0. The lowest BCUT2D eigenvalue weighted by atomic mass is 9.79. The van der Waals surface area contributed by atoms with Crippen LogP contribution < -0.4 is 5.32 Å². The van der Waals surface area contributed by atoms with Crippen molar-refractivity contribution in [3.63, 3.8) is 0 Å². The first-order valence-electron chi connectivity index (χ1n) is 4.11. The van der Waals surface area contributed by atoms with Gasteiger partial charge in [-0.25, -0.2) is 0 Å². The first-order valence-corrected chi connectivity index (χ1v) is 4.11. The molecule has 0 heterocycles. The normalized spacial score (nSPS) is 26.8. The van der Waals surface area contributed by atoms with E-state index in [1.165, 1.54) is 0 Å². The predicted molar refractivity (Wildman–Crippen MR) is 45.6 cm³/mol. The van der Waals surface area contributed by atoms with Crippen molar-refractivity contribution >= 4 is 5.97 Å². The molecule has 12 heavy (non-hydrogen) atoms. The molecule has 0 aromatic carbocycles. The zero-order valence-corrected chi connectivity index (χ0v) is 7.13. The number of aliphatic carboxylic acids is 1. The fraction of sp³-hybridized carbons (Fsp3) is 0.667. The lowest BCUT2D eigenvalue weighted by molar-refractivity contribution is -0.145. The van der Waals surface area contributed by atoms with E-state index in [1.54, 1.807) is 6.92 Å². The average Bonchev–Trinajstić information content (AvgIpc) is 1.94. The molecule has 3 heteroatoms. The van der Waals surface area contributed by atoms with Gasteiger partial charge in [0.2, 0.25) is 0 Å². The number of rotatable bonds is 3. The molecule has 2 atom stereocenters. The van der Waals surface area contributed by atoms with Crippen molar-refractivity contribution in [2.45, 2.75) is 25.8 Å². The summed E-state index contributed by atoms with van der Waals surface area (Å²) < 4.78 is 0. The molecular formula is C9H13NO2. The average molecular weight is 167 g/mol. The van der Waals surface area contributed by atoms with E-state index in [4.69, 9.17) is 5.11 Å². The van der Waals surface area contributed by atoms with Crippen molar-refractivity contribution in [1.82, 2.24) is 5.32 Å². The van der Waals surface area contributed by atoms with Crippen LogP contribution in [0.3, 0.4) is 0 Å². The minimum atomic E-state index is -0.691. The summed E-state index contributed by atoms with van der Waals surface area (Å²) in [6, 6.07) is 0.142. The highest BCUT2D eigenvalue weighted by atomic mass is 16.4. The Hall–Kier alpha value is -1.01. The van der Waals surface area contributed by atoms with Gasteiger partial charge in [-0.3, -0.25) is 4.79 Å². The molecule has 0 bridgehead atoms. The van der Waals surface area contributed by atoms with E-state index in [9.17, 15) is 4.79 Å². The van der Waals surface area contributed by atoms with Gasteiger partial charge >= 0.3 is 5.97 Å². The van der Waals surface area contributed by atoms with E-state index in [-0.39, 0.29) is 12.0 Å². The van der Waals surface area contributed by atoms with Crippen molar-refractivity contribution < 1.29 is 9.90 Å². The molecule has 3 nitrogen and oxygen atoms in total. The number of carboxylic acid groups (broad SMARTS) is 1. The van der Waals surface area contributed by atoms with Crippen molar-refractivity contribution in [3.05, 3.63) is 0 Å². The van der Waals surface area contributed by atoms with Crippen molar-refractivity contribution in [1.29, 1.82) is 0 Å². The third-order valence-corrected chi connectivity index (χ3v) is 2.22. The van der Waals surface area contributed by atoms with Gasteiger partial charge in [0.25, 0.3) is 0 Å². The molecule has 2 unspecified atom stereocenters. The molecule has 0 amide bonds. The molecule has 2 N–H and O–H groups in total. The van der Waals surface area contributed by atoms with Gasteiger partial charge in [-0.15, -0.1) is 5.92 Å². The van der Waals surface area contributed by atoms with Crippen molar-refractivity contribution in [3.8, 4) is 11.8 Å². The highest BCUT2D eigenvalue weighted by molar-refractivity contribution is 5.72. The molecule has 1 rings (SSSR count). The Bertz CT molecular complexity index is 226. The summed E-state index contributed by atoms with van der Waals surface area (Å²) >= 11 is 0. The number of nitrogens with one attached hydrogen (secondary N) is 1. The second-order valence-corrected chi connectivity index (χ2v) is 2.94. The zero-order valence-electron chi connectivity index (χ0n) is 7.13. The van der Waals surface area contributed by atoms with E-state index in [0.717, 1.165) is 12.8 Å². The first kappa shape index (κ1) is 9.08. The number of carboxylic acids is 1. The second kappa shape index (κ2) is 4.13. The van der Waals surface area contributed by atoms with Gasteiger partial charge in [0.05, 0.1) is 12.5 Å². The highest BCUT2D eigenvalue weighted by Gasteiger charge is 2.35. The Labute approximate surface area is 72.2 Å². The Balaban J connectivity index is 2.24. The molecule has 1 aliphatic rings. The Morgan fingerprint density at radius 3 is 2.83 bits per heavy atom. The topological polar surface area (TPSA) is 49.3 Å². The van der Waals surface area contributed by atoms with Crippen LogP contribution >= 0.6 is 0 Å². The Kier molecular flexibility index (Phi) is 3.12. The molecule has 1 saturated carbocycles. The Morgan fingerprint density at radius 2 is 2.42 bits per heavy atom. The second-order valence-electron chi connectivity index (χ2n) is 2.94. The van der Waals surface area contributed by atoms with Gasteiger partial charge in [0.1, 0.15) is 0 Å². The number of carbonyl (C=O) groups is 1. The molecular weight excluding hydrogens is 154 g/mol. The number of hydrogen-bond acceptors (Lipinski definition) is 2. The smallest absolute Gasteiger partial charge is 0.308 e. The third-order valence-electron chi connectivity index (χ3n) is 2.22. The molecule has 1 aliphatic carbocycles. The lowest BCUT2D eigenvalue weighted by Crippen LogP contribution is -2.47. The maximum atomic E-state index is 10.5. The fourth-order valence-corrected chi connectivity index (χ4v) is 1.31. The molecule has 66 valence electrons. The van der Waals surface area contributed by atoms with Crippen LogP contribution in [-0.2, 0) is 4.79 Å². The maximum Gasteiger partial charge on any atom is 0.308 e. The Morgan fingerprint density at radius 1 is 1.67 bits per heavy atom. The minimum absolute atomic E-state index is 0.142. The van der Waals surface area contributed by atoms with Gasteiger partial charge in [0.15, 0.2) is 0 Å². The highest BCUT2D eigenvalue weighted by Crippen LogP contribution is 2.27. The van der Waals surface area contributed by atoms with E-state index >= 15 is 0 Å². The van der Waals surface area contributed by atoms with Crippen LogP contribution in [0.4, 0.5) is 0 Å². The zero-order chi connectivity index (χ0) is 8.97. The predicted octanol–water partition coefficient (Wildman–Crippen LogP) is 0.463. The quantitative estimate of drug-likeness (QED) is 0.600. The monoisotopic (exact) mass is 167 g/mol. The summed E-state index contributed by atoms with van der Waals surface area (Å²) in [6.45, 7) is 2.38. The van der Waals surface area contributed by atoms with Gasteiger partial charge in [0, 0.05) is 6.04 Å². The van der Waals surface area contributed by atoms with Crippen molar-refractivity contribution in [2.75, 3.05) is 6.54 Å². The summed E-state index contributed by atoms with van der Waals surface area (Å²) in [5.74, 6) is 4.73. The summed E-state index contributed by atoms with van der Waals surface area (Å²) in [5, 5.41) is 11.8. The van der Waals surface area contributed by atoms with Gasteiger partial charge in [-0.2, -0.15) is 0 Å². The summed E-state index contributed by atoms with van der Waals surface area (Å²) in [6.07, 6.45) is 1.76. The molecule has 0 aromatic rings. The number of hydrogen-bond donors (Lipinski definition) is 2. The molecule has 1 fully saturated rings. The fourth-order valence-electron chi connectivity index (χ4n) is 1.31. The van der Waals surface area contributed by atoms with E-state index < -0.39 is 5.97 Å². The maximum absolute atomic E-state index is 10.5. The largest absolute Gasteiger partial charge is 0.481 e. The standard InChI is InChI=1S/C9H13NO2/c1-2-3-6-10-8-5-4-7(8)9(11)12/h7-8,10H,4-6H2,1H3,(H,11,12). The third kappa shape index (κ3) is 1.99. The summed E-state index contributed by atoms with van der Waals surface area (Å²) in [5.41, 5.74) is 0. The first-order chi connectivity index (χ1) is 5.75. The van der Waals surface area contributed by atoms with Gasteiger partial charge in [-0.1, -0.05) is 5.92 Å². The van der Waals surface area contributed by atoms with Crippen LogP contribution in [0.15, 0.2) is 0 Å². The van der Waals surface area contributed by atoms with Gasteiger partial charge < -0.3 is 10.4 Å². The van der Waals surface area contributed by atoms with Crippen molar-refractivity contribution in [2.24, 2.45) is 5.92 Å². The SMILES string of the molecule is CC#CCNC1CCC1C(=O)O. The lowest BCUT2D eigenvalue weighted by Gasteiger charge is -2.33. The van der Waals surface area contributed by atoms with Crippen LogP contribution in [0.25, 0.3) is 0 Å². The minimum Gasteiger partial charge on any atom is -0.481 e. The van der Waals surface area contributed by atoms with Gasteiger partial charge in [-0.05, 0) is 19.8 Å². The van der Waals surface area contributed by atoms with Crippen LogP contribution in [-0.4, -0.2) is 23.7 Å². The van der Waals surface area contributed by atoms with E-state index in [2.05, 4.69) is 17.2 Å². The molecule has 0 spiro atoms. The molecule has 0 aromatic heterocycles. The van der Waals surface area contributed by atoms with Crippen LogP contribution in [0, 0.1) is 17.8 Å². The van der Waals surface area contributed by atoms with E-state index in [1.807, 2.05) is 0 Å². The van der Waals surface area contributed by atoms with E-state index in [0.29, 0.717) is 6.54 Å². The molecule has 0 radical (unpaired) electrons. The van der Waals surface area contributed by atoms with Crippen LogP contribution in [0.5, 0.6) is 0 Å². The molecule has 0 aliphatic heterocycles. The summed E-state index contributed by atoms with van der Waals surface area (Å²) in [4.78, 5) is 10.5. The molecule has 0 saturated heterocycles. The van der Waals surface area contributed by atoms with Crippen LogP contribution in [0.1, 0.15) is 19.8 Å². The van der Waals surface area contributed by atoms with Crippen LogP contribution in [0.2, 0.25) is 0 Å².